The van der Waals surface area contributed by atoms with Gasteiger partial charge in [-0.3, -0.25) is 81.5 Å². The Labute approximate surface area is 762 Å². The highest BCUT2D eigenvalue weighted by atomic mass is 32.2. The molecule has 0 unspecified atom stereocenters. The van der Waals surface area contributed by atoms with Gasteiger partial charge in [-0.15, -0.1) is 11.8 Å². The molecule has 1 aromatic heterocycles. The molecule has 38 nitrogen and oxygen atoms in total. The molecule has 3 aliphatic rings. The van der Waals surface area contributed by atoms with E-state index in [0.29, 0.717) is 64.3 Å². The van der Waals surface area contributed by atoms with Gasteiger partial charge >= 0.3 is 0 Å². The van der Waals surface area contributed by atoms with E-state index in [9.17, 15) is 58.1 Å². The lowest BCUT2D eigenvalue weighted by molar-refractivity contribution is -0.152. The van der Waals surface area contributed by atoms with Crippen LogP contribution in [-0.4, -0.2) is 303 Å². The zero-order valence-electron chi connectivity index (χ0n) is 73.5. The van der Waals surface area contributed by atoms with E-state index in [2.05, 4.69) is 52.8 Å². The lowest BCUT2D eigenvalue weighted by atomic mass is 9.98. The van der Waals surface area contributed by atoms with Crippen LogP contribution in [0.3, 0.4) is 0 Å². The number of H-pyrrole nitrogens is 1. The topological polar surface area (TPSA) is 536 Å². The third-order valence-electron chi connectivity index (χ3n) is 23.0. The number of phenols is 1. The molecule has 3 aliphatic heterocycles. The highest BCUT2D eigenvalue weighted by Crippen LogP contribution is 2.28. The summed E-state index contributed by atoms with van der Waals surface area (Å²) in [6, 6.07) is 7.54. The number of phenolic OH excluding ortho intramolecular Hbond substituents is 1. The van der Waals surface area contributed by atoms with Gasteiger partial charge in [0.05, 0.1) is 18.4 Å². The number of unbranched alkanes of at least 4 members (excludes halogenated alkanes) is 1. The maximum atomic E-state index is 15.7. The molecular formula is C90H111F3N16O22S. The summed E-state index contributed by atoms with van der Waals surface area (Å²) >= 11 is 0.614. The average molecular weight is 1860 g/mol. The van der Waals surface area contributed by atoms with Crippen LogP contribution < -0.4 is 53.6 Å². The van der Waals surface area contributed by atoms with E-state index in [4.69, 9.17) is 15.2 Å². The molecular weight excluding hydrogens is 1750 g/mol. The van der Waals surface area contributed by atoms with Gasteiger partial charge in [-0.25, -0.2) is 13.2 Å². The second-order valence-electron chi connectivity index (χ2n) is 32.8. The van der Waals surface area contributed by atoms with E-state index in [1.807, 2.05) is 0 Å². The van der Waals surface area contributed by atoms with Crippen molar-refractivity contribution in [3.05, 3.63) is 173 Å². The molecule has 710 valence electrons. The fourth-order valence-electron chi connectivity index (χ4n) is 15.9. The van der Waals surface area contributed by atoms with Crippen LogP contribution in [0.5, 0.6) is 5.75 Å². The predicted octanol–water partition coefficient (Wildman–Crippen LogP) is -0.961. The summed E-state index contributed by atoms with van der Waals surface area (Å²) in [6.45, 7) is 0.695. The van der Waals surface area contributed by atoms with E-state index in [0.717, 1.165) is 19.6 Å². The lowest BCUT2D eigenvalue weighted by Gasteiger charge is -2.38. The maximum absolute atomic E-state index is 15.7. The van der Waals surface area contributed by atoms with Gasteiger partial charge in [0.25, 0.3) is 12.9 Å². The van der Waals surface area contributed by atoms with Crippen LogP contribution in [0.15, 0.2) is 128 Å². The van der Waals surface area contributed by atoms with Crippen molar-refractivity contribution in [3.63, 3.8) is 0 Å². The van der Waals surface area contributed by atoms with Crippen molar-refractivity contribution >= 4 is 124 Å². The molecule has 3 saturated heterocycles. The summed E-state index contributed by atoms with van der Waals surface area (Å²) < 4.78 is 55.2. The zero-order chi connectivity index (χ0) is 96.2. The number of ether oxygens (including phenoxy) is 2. The van der Waals surface area contributed by atoms with Crippen molar-refractivity contribution in [3.8, 4) is 5.75 Å². The van der Waals surface area contributed by atoms with Crippen LogP contribution in [0.25, 0.3) is 10.9 Å². The highest BCUT2D eigenvalue weighted by molar-refractivity contribution is 8.00. The van der Waals surface area contributed by atoms with Gasteiger partial charge in [0, 0.05) is 102 Å². The van der Waals surface area contributed by atoms with Gasteiger partial charge in [-0.1, -0.05) is 125 Å². The molecule has 0 radical (unpaired) electrons. The first kappa shape index (κ1) is 102. The Kier molecular flexibility index (Phi) is 37.9. The molecule has 3 fully saturated rings. The number of aromatic nitrogens is 1. The smallest absolute Gasteiger partial charge is 0.293 e. The number of aliphatic hydroxyl groups excluding tert-OH is 2. The Morgan fingerprint density at radius 3 is 1.72 bits per heavy atom. The minimum atomic E-state index is -1.92. The number of nitrogens with two attached hydrogens (primary N) is 1. The average Bonchev–Trinajstić information content (AvgIpc) is 1.09. The van der Waals surface area contributed by atoms with Gasteiger partial charge in [-0.05, 0) is 89.8 Å². The van der Waals surface area contributed by atoms with Gasteiger partial charge in [0.15, 0.2) is 17.5 Å². The Balaban J connectivity index is 1.13. The number of amides is 15. The molecule has 15 amide bonds. The number of carbonyl (C=O) groups excluding carboxylic acids is 17. The van der Waals surface area contributed by atoms with Crippen LogP contribution in [-0.2, 0) is 123 Å². The molecule has 15 N–H and O–H groups in total. The van der Waals surface area contributed by atoms with Crippen LogP contribution in [0.2, 0.25) is 0 Å². The number of aliphatic hydroxyl groups is 2. The molecule has 6 aromatic rings. The Morgan fingerprint density at radius 2 is 1.10 bits per heavy atom. The summed E-state index contributed by atoms with van der Waals surface area (Å²) in [4.78, 5) is 255. The third kappa shape index (κ3) is 27.8. The zero-order valence-corrected chi connectivity index (χ0v) is 74.4. The van der Waals surface area contributed by atoms with E-state index in [1.165, 1.54) is 70.4 Å². The van der Waals surface area contributed by atoms with Gasteiger partial charge in [-0.2, -0.15) is 0 Å². The normalized spacial score (nSPS) is 24.1. The largest absolute Gasteiger partial charge is 0.508 e. The number of halogens is 3. The number of nitrogens with one attached hydrogen (secondary N) is 10. The summed E-state index contributed by atoms with van der Waals surface area (Å²) in [5, 5.41) is 55.6. The standard InChI is InChI=1S/C90H111F3N16O22S/c1-7-8-24-70-89(128)108-31-17-25-69(108)83(122)101-66(44-130-48-111)82(121)104-77(50(2)3)90(129)106(5)71(37-51-18-11-9-12-19-51)84(123)102-67(45-131-49-112)87(126)109-43-57(114)40-72(109)85(124)100-64(39-55-41-95-61-23-16-15-22-58(55)61)81(120)99-63(35-53-26-28-56(113)29-27-53)80(119)98-62(30-32-110)79(118)103-68(78(117)96-42-74(94)115)46-132-47-75(116)97-65(36-54-33-59(91)76(93)60(92)34-54)86(125)107(6)73(88(127)105(70)4)38-52-20-13-10-14-21-52/h9-16,18-23,26-29,33-34,41,48-50,57,62-73,77,95,110,113-114H,7-8,17,24-25,30-32,35-40,42-47H2,1-6H3,(H2,94,115)(H,96,117)(H,97,116)(H,98,119)(H,99,120)(H,100,124)(H,101,122)(H,102,123)(H,103,118)(H,104,121)/t57-,62+,63+,64+,65+,66+,67+,68+,69-,70+,71+,72-,73+,77+/m1/s1. The fourth-order valence-corrected chi connectivity index (χ4v) is 16.7. The second kappa shape index (κ2) is 48.9. The van der Waals surface area contributed by atoms with Crippen LogP contribution in [0.1, 0.15) is 93.5 Å². The first-order valence-corrected chi connectivity index (χ1v) is 44.1. The number of hydrogen-bond acceptors (Lipinski definition) is 23. The van der Waals surface area contributed by atoms with Crippen LogP contribution in [0, 0.1) is 23.4 Å². The van der Waals surface area contributed by atoms with Crippen molar-refractivity contribution in [2.45, 2.75) is 182 Å². The number of fused-ring (bicyclic) bond motifs is 3. The van der Waals surface area contributed by atoms with Crippen molar-refractivity contribution in [1.82, 2.24) is 77.3 Å². The minimum absolute atomic E-state index is 0.0130. The lowest BCUT2D eigenvalue weighted by Crippen LogP contribution is -2.62. The minimum Gasteiger partial charge on any atom is -0.508 e. The van der Waals surface area contributed by atoms with Crippen molar-refractivity contribution in [2.75, 3.05) is 72.1 Å². The number of nitrogens with zero attached hydrogens (tertiary/aromatic N) is 5. The second-order valence-corrected chi connectivity index (χ2v) is 33.8. The highest BCUT2D eigenvalue weighted by Gasteiger charge is 2.47. The summed E-state index contributed by atoms with van der Waals surface area (Å²) in [5.74, 6) is -23.4. The molecule has 0 bridgehead atoms. The Bertz CT molecular complexity index is 5100. The van der Waals surface area contributed by atoms with Crippen molar-refractivity contribution in [2.24, 2.45) is 11.7 Å². The van der Waals surface area contributed by atoms with Crippen LogP contribution >= 0.6 is 11.8 Å². The summed E-state index contributed by atoms with van der Waals surface area (Å²) in [5.41, 5.74) is 7.17. The van der Waals surface area contributed by atoms with E-state index >= 15 is 51.9 Å². The number of primary amides is 1. The van der Waals surface area contributed by atoms with E-state index in [1.54, 1.807) is 91.9 Å². The van der Waals surface area contributed by atoms with E-state index < -0.39 is 267 Å². The van der Waals surface area contributed by atoms with Crippen molar-refractivity contribution < 1.29 is 119 Å². The monoisotopic (exact) mass is 1860 g/mol. The molecule has 0 spiro atoms. The van der Waals surface area contributed by atoms with Gasteiger partial charge in [0.2, 0.25) is 88.6 Å². The number of carbonyl (C=O) groups is 17. The number of para-hydroxylation sites is 1. The molecule has 4 heterocycles. The Hall–Kier alpha value is -13.5. The quantitative estimate of drug-likeness (QED) is 0.0242. The van der Waals surface area contributed by atoms with Gasteiger partial charge < -0.3 is 108 Å². The molecule has 9 rings (SSSR count). The molecule has 0 saturated carbocycles. The first-order chi connectivity index (χ1) is 63.0. The number of thioether (sulfide) groups is 1. The number of aromatic amines is 1. The number of rotatable bonds is 25. The summed E-state index contributed by atoms with van der Waals surface area (Å²) in [7, 11) is 3.68. The van der Waals surface area contributed by atoms with Gasteiger partial charge in [0.1, 0.15) is 97.5 Å². The molecule has 132 heavy (non-hydrogen) atoms. The molecule has 42 heteroatoms. The number of aromatic hydroxyl groups is 1. The first-order valence-electron chi connectivity index (χ1n) is 42.9. The molecule has 5 aromatic carbocycles. The third-order valence-corrected chi connectivity index (χ3v) is 24.1. The number of hydrogen-bond donors (Lipinski definition) is 14. The maximum Gasteiger partial charge on any atom is 0.293 e. The summed E-state index contributed by atoms with van der Waals surface area (Å²) in [6.07, 6.45) is -2.42. The predicted molar refractivity (Wildman–Crippen MR) is 470 cm³/mol. The Morgan fingerprint density at radius 1 is 0.561 bits per heavy atom. The number of likely N-dealkylation sites (N-methyl/N-ethyl adjacent to an activating group) is 3. The van der Waals surface area contributed by atoms with E-state index in [-0.39, 0.29) is 74.9 Å². The van der Waals surface area contributed by atoms with Crippen molar-refractivity contribution in [1.29, 1.82) is 0 Å². The SMILES string of the molecule is CCCC[C@H]1C(=O)N2CCC[C@@H]2C(=O)N[C@@H](COC=O)C(=O)N[C@@H](C(C)C)C(=O)N(C)[C@@H](Cc2ccccc2)C(=O)N[C@@H](COC=O)C(=O)N2C[C@H](O)C[C@@H]2C(=O)N[C@@H](Cc2c[nH]c3ccccc23)C(=O)N[C@@H](Cc2ccc(O)cc2)C(=O)N[C@@H](CCO)C(=O)N[C@H](C(=O)NCC(N)=O)CSCC(=O)N[C@@H](Cc2cc(F)c(F)c(F)c2)C(=O)N(C)[C@@H](Cc2ccccc2)C(=O)N1C. The van der Waals surface area contributed by atoms with Crippen LogP contribution in [0.4, 0.5) is 13.2 Å². The fraction of sp³-hybridized carbons (Fsp3) is 0.456. The number of benzene rings is 5. The molecule has 14 atom stereocenters. The molecule has 0 aliphatic carbocycles.